The van der Waals surface area contributed by atoms with Crippen LogP contribution in [0.3, 0.4) is 0 Å². The molecule has 2 aromatic carbocycles. The molecule has 0 saturated carbocycles. The molecule has 0 N–H and O–H groups in total. The SMILES string of the molecule is O=C(c1ccc(Cl)c(Cl)c1)N(Cc1ccc2c(c1)OCO2)Cc1ccco1. The molecule has 7 heteroatoms. The molecule has 0 fully saturated rings. The van der Waals surface area contributed by atoms with Crippen molar-refractivity contribution in [1.29, 1.82) is 0 Å². The first-order valence-corrected chi connectivity index (χ1v) is 9.01. The van der Waals surface area contributed by atoms with Crippen molar-refractivity contribution in [2.45, 2.75) is 13.1 Å². The van der Waals surface area contributed by atoms with Crippen LogP contribution in [0, 0.1) is 0 Å². The van der Waals surface area contributed by atoms with Crippen LogP contribution in [0.15, 0.2) is 59.2 Å². The van der Waals surface area contributed by atoms with Gasteiger partial charge in [-0.05, 0) is 48.0 Å². The maximum absolute atomic E-state index is 13.1. The standard InChI is InChI=1S/C20H15Cl2NO4/c21-16-5-4-14(9-17(16)22)20(24)23(11-15-2-1-7-25-15)10-13-3-6-18-19(8-13)27-12-26-18/h1-9H,10-12H2. The zero-order valence-electron chi connectivity index (χ0n) is 14.2. The molecule has 5 nitrogen and oxygen atoms in total. The lowest BCUT2D eigenvalue weighted by atomic mass is 10.1. The van der Waals surface area contributed by atoms with E-state index in [4.69, 9.17) is 37.1 Å². The number of amides is 1. The fraction of sp³-hybridized carbons (Fsp3) is 0.150. The summed E-state index contributed by atoms with van der Waals surface area (Å²) < 4.78 is 16.2. The Morgan fingerprint density at radius 2 is 1.81 bits per heavy atom. The van der Waals surface area contributed by atoms with Crippen LogP contribution in [0.5, 0.6) is 11.5 Å². The van der Waals surface area contributed by atoms with Gasteiger partial charge in [-0.15, -0.1) is 0 Å². The van der Waals surface area contributed by atoms with Crippen molar-refractivity contribution < 1.29 is 18.7 Å². The monoisotopic (exact) mass is 403 g/mol. The molecule has 0 saturated heterocycles. The average Bonchev–Trinajstić information content (AvgIpc) is 3.34. The second-order valence-electron chi connectivity index (χ2n) is 6.06. The van der Waals surface area contributed by atoms with Crippen LogP contribution in [-0.2, 0) is 13.1 Å². The molecule has 27 heavy (non-hydrogen) atoms. The topological polar surface area (TPSA) is 51.9 Å². The van der Waals surface area contributed by atoms with Gasteiger partial charge < -0.3 is 18.8 Å². The summed E-state index contributed by atoms with van der Waals surface area (Å²) in [6, 6.07) is 14.1. The number of halogens is 2. The predicted octanol–water partition coefficient (Wildman–Crippen LogP) is 5.16. The van der Waals surface area contributed by atoms with Crippen LogP contribution in [0.4, 0.5) is 0 Å². The van der Waals surface area contributed by atoms with Crippen LogP contribution in [0.2, 0.25) is 10.0 Å². The Morgan fingerprint density at radius 1 is 0.963 bits per heavy atom. The summed E-state index contributed by atoms with van der Waals surface area (Å²) in [7, 11) is 0. The van der Waals surface area contributed by atoms with E-state index < -0.39 is 0 Å². The Bertz CT molecular complexity index is 972. The van der Waals surface area contributed by atoms with Gasteiger partial charge in [0.2, 0.25) is 6.79 Å². The highest BCUT2D eigenvalue weighted by Crippen LogP contribution is 2.33. The summed E-state index contributed by atoms with van der Waals surface area (Å²) in [5.41, 5.74) is 1.37. The molecule has 0 atom stereocenters. The number of fused-ring (bicyclic) bond motifs is 1. The molecule has 138 valence electrons. The molecule has 0 unspecified atom stereocenters. The highest BCUT2D eigenvalue weighted by Gasteiger charge is 2.20. The number of ether oxygens (including phenoxy) is 2. The van der Waals surface area contributed by atoms with Crippen molar-refractivity contribution in [3.8, 4) is 11.5 Å². The Kier molecular flexibility index (Phi) is 4.97. The summed E-state index contributed by atoms with van der Waals surface area (Å²) in [4.78, 5) is 14.8. The maximum atomic E-state index is 13.1. The summed E-state index contributed by atoms with van der Waals surface area (Å²) >= 11 is 12.0. The number of rotatable bonds is 5. The highest BCUT2D eigenvalue weighted by atomic mass is 35.5. The predicted molar refractivity (Wildman–Crippen MR) is 101 cm³/mol. The van der Waals surface area contributed by atoms with E-state index in [0.29, 0.717) is 46.0 Å². The number of carbonyl (C=O) groups is 1. The fourth-order valence-electron chi connectivity index (χ4n) is 2.86. The quantitative estimate of drug-likeness (QED) is 0.590. The molecular weight excluding hydrogens is 389 g/mol. The molecule has 1 amide bonds. The molecule has 1 aliphatic heterocycles. The normalized spacial score (nSPS) is 12.2. The molecule has 1 aromatic heterocycles. The Balaban J connectivity index is 1.61. The number of hydrogen-bond donors (Lipinski definition) is 0. The number of nitrogens with zero attached hydrogens (tertiary/aromatic N) is 1. The van der Waals surface area contributed by atoms with Gasteiger partial charge in [0.05, 0.1) is 22.9 Å². The lowest BCUT2D eigenvalue weighted by Crippen LogP contribution is -2.30. The second-order valence-corrected chi connectivity index (χ2v) is 6.87. The minimum atomic E-state index is -0.178. The van der Waals surface area contributed by atoms with E-state index in [2.05, 4.69) is 0 Å². The molecule has 1 aliphatic rings. The average molecular weight is 404 g/mol. The highest BCUT2D eigenvalue weighted by molar-refractivity contribution is 6.42. The van der Waals surface area contributed by atoms with Crippen LogP contribution in [0.1, 0.15) is 21.7 Å². The molecule has 4 rings (SSSR count). The van der Waals surface area contributed by atoms with Gasteiger partial charge in [0.25, 0.3) is 5.91 Å². The van der Waals surface area contributed by atoms with Crippen molar-refractivity contribution in [3.63, 3.8) is 0 Å². The summed E-state index contributed by atoms with van der Waals surface area (Å²) in [5.74, 6) is 1.88. The molecule has 0 spiro atoms. The van der Waals surface area contributed by atoms with Gasteiger partial charge in [-0.2, -0.15) is 0 Å². The minimum Gasteiger partial charge on any atom is -0.467 e. The first-order valence-electron chi connectivity index (χ1n) is 8.25. The van der Waals surface area contributed by atoms with Gasteiger partial charge in [-0.1, -0.05) is 29.3 Å². The zero-order valence-corrected chi connectivity index (χ0v) is 15.7. The third kappa shape index (κ3) is 3.89. The van der Waals surface area contributed by atoms with E-state index in [1.54, 1.807) is 35.4 Å². The van der Waals surface area contributed by atoms with Gasteiger partial charge in [-0.25, -0.2) is 0 Å². The first-order chi connectivity index (χ1) is 13.1. The Morgan fingerprint density at radius 3 is 2.59 bits per heavy atom. The summed E-state index contributed by atoms with van der Waals surface area (Å²) in [6.07, 6.45) is 1.58. The summed E-state index contributed by atoms with van der Waals surface area (Å²) in [6.45, 7) is 0.897. The number of benzene rings is 2. The van der Waals surface area contributed by atoms with Crippen molar-refractivity contribution >= 4 is 29.1 Å². The van der Waals surface area contributed by atoms with Crippen molar-refractivity contribution in [1.82, 2.24) is 4.90 Å². The number of hydrogen-bond acceptors (Lipinski definition) is 4. The lowest BCUT2D eigenvalue weighted by molar-refractivity contribution is 0.0717. The van der Waals surface area contributed by atoms with Crippen LogP contribution in [0.25, 0.3) is 0 Å². The van der Waals surface area contributed by atoms with Gasteiger partial charge in [0.1, 0.15) is 5.76 Å². The van der Waals surface area contributed by atoms with Crippen LogP contribution in [-0.4, -0.2) is 17.6 Å². The van der Waals surface area contributed by atoms with Crippen molar-refractivity contribution in [3.05, 3.63) is 81.7 Å². The third-order valence-electron chi connectivity index (χ3n) is 4.19. The zero-order chi connectivity index (χ0) is 18.8. The number of carbonyl (C=O) groups excluding carboxylic acids is 1. The van der Waals surface area contributed by atoms with E-state index in [0.717, 1.165) is 5.56 Å². The molecule has 3 aromatic rings. The molecular formula is C20H15Cl2NO4. The van der Waals surface area contributed by atoms with Gasteiger partial charge in [0.15, 0.2) is 11.5 Å². The molecule has 0 aliphatic carbocycles. The smallest absolute Gasteiger partial charge is 0.254 e. The Labute approximate surface area is 166 Å². The molecule has 0 radical (unpaired) electrons. The summed E-state index contributed by atoms with van der Waals surface area (Å²) in [5, 5.41) is 0.741. The Hall–Kier alpha value is -2.63. The van der Waals surface area contributed by atoms with Crippen molar-refractivity contribution in [2.24, 2.45) is 0 Å². The minimum absolute atomic E-state index is 0.178. The van der Waals surface area contributed by atoms with E-state index in [1.807, 2.05) is 24.3 Å². The van der Waals surface area contributed by atoms with E-state index in [9.17, 15) is 4.79 Å². The van der Waals surface area contributed by atoms with E-state index in [1.165, 1.54) is 0 Å². The van der Waals surface area contributed by atoms with Crippen molar-refractivity contribution in [2.75, 3.05) is 6.79 Å². The van der Waals surface area contributed by atoms with Gasteiger partial charge in [-0.3, -0.25) is 4.79 Å². The van der Waals surface area contributed by atoms with E-state index in [-0.39, 0.29) is 12.7 Å². The maximum Gasteiger partial charge on any atom is 0.254 e. The second kappa shape index (κ2) is 7.55. The van der Waals surface area contributed by atoms with Gasteiger partial charge in [0, 0.05) is 12.1 Å². The number of furan rings is 1. The third-order valence-corrected chi connectivity index (χ3v) is 4.93. The van der Waals surface area contributed by atoms with Crippen LogP contribution >= 0.6 is 23.2 Å². The fourth-order valence-corrected chi connectivity index (χ4v) is 3.16. The first kappa shape index (κ1) is 17.8. The molecule has 0 bridgehead atoms. The van der Waals surface area contributed by atoms with Gasteiger partial charge >= 0.3 is 0 Å². The van der Waals surface area contributed by atoms with Crippen LogP contribution < -0.4 is 9.47 Å². The van der Waals surface area contributed by atoms with E-state index >= 15 is 0 Å². The lowest BCUT2D eigenvalue weighted by Gasteiger charge is -2.22. The molecule has 2 heterocycles. The largest absolute Gasteiger partial charge is 0.467 e.